The lowest BCUT2D eigenvalue weighted by molar-refractivity contribution is -0.137. The summed E-state index contributed by atoms with van der Waals surface area (Å²) in [4.78, 5) is 41.8. The number of rotatable bonds is 5. The highest BCUT2D eigenvalue weighted by Crippen LogP contribution is 2.36. The first-order chi connectivity index (χ1) is 17.5. The van der Waals surface area contributed by atoms with Crippen molar-refractivity contribution in [2.45, 2.75) is 25.1 Å². The molecule has 1 fully saturated rings. The molecule has 2 aromatic carbocycles. The van der Waals surface area contributed by atoms with Gasteiger partial charge in [0, 0.05) is 29.7 Å². The first kappa shape index (κ1) is 26.0. The number of likely N-dealkylation sites (tertiary alicyclic amines) is 1. The maximum atomic E-state index is 12.9. The van der Waals surface area contributed by atoms with Crippen LogP contribution in [0.15, 0.2) is 60.8 Å². The molecule has 8 nitrogen and oxygen atoms in total. The number of anilines is 2. The zero-order valence-corrected chi connectivity index (χ0v) is 19.8. The Kier molecular flexibility index (Phi) is 7.35. The standard InChI is InChI=1S/C25H20ClF3N4O4/c26-19-12-17(8-9-18(19)25(27,28)29)32-24(37)33-11-1-2-21(33)22(34)31-16-6-3-14(4-7-16)15-5-10-20(23(35)36)30-13-15/h3-10,12-13,21H,1-2,11H2,(H,31,34)(H,32,37)(H,35,36)/t21-/m1/s1. The summed E-state index contributed by atoms with van der Waals surface area (Å²) in [6, 6.07) is 11.3. The van der Waals surface area contributed by atoms with E-state index < -0.39 is 40.7 Å². The van der Waals surface area contributed by atoms with Gasteiger partial charge in [0.05, 0.1) is 10.6 Å². The first-order valence-electron chi connectivity index (χ1n) is 11.1. The van der Waals surface area contributed by atoms with Crippen LogP contribution >= 0.6 is 11.6 Å². The number of aromatic nitrogens is 1. The Balaban J connectivity index is 1.39. The minimum absolute atomic E-state index is 0.0702. The predicted octanol–water partition coefficient (Wildman–Crippen LogP) is 5.75. The normalized spacial score (nSPS) is 15.4. The number of carbonyl (C=O) groups excluding carboxylic acids is 2. The average molecular weight is 533 g/mol. The number of nitrogens with zero attached hydrogens (tertiary/aromatic N) is 2. The number of amides is 3. The number of carboxylic acid groups (broad SMARTS) is 1. The van der Waals surface area contributed by atoms with Gasteiger partial charge in [-0.25, -0.2) is 14.6 Å². The number of urea groups is 1. The summed E-state index contributed by atoms with van der Waals surface area (Å²) in [6.07, 6.45) is -2.17. The van der Waals surface area contributed by atoms with E-state index >= 15 is 0 Å². The van der Waals surface area contributed by atoms with Crippen molar-refractivity contribution in [3.05, 3.63) is 77.1 Å². The summed E-state index contributed by atoms with van der Waals surface area (Å²) in [5.41, 5.74) is 0.954. The minimum Gasteiger partial charge on any atom is -0.477 e. The van der Waals surface area contributed by atoms with E-state index in [2.05, 4.69) is 15.6 Å². The highest BCUT2D eigenvalue weighted by Gasteiger charge is 2.35. The third kappa shape index (κ3) is 6.00. The number of carboxylic acids is 1. The third-order valence-corrected chi connectivity index (χ3v) is 6.12. The highest BCUT2D eigenvalue weighted by atomic mass is 35.5. The molecular weight excluding hydrogens is 513 g/mol. The predicted molar refractivity (Wildman–Crippen MR) is 130 cm³/mol. The number of pyridine rings is 1. The van der Waals surface area contributed by atoms with E-state index in [1.165, 1.54) is 17.2 Å². The van der Waals surface area contributed by atoms with E-state index in [4.69, 9.17) is 16.7 Å². The van der Waals surface area contributed by atoms with Gasteiger partial charge in [-0.15, -0.1) is 0 Å². The molecule has 4 rings (SSSR count). The van der Waals surface area contributed by atoms with Crippen LogP contribution in [0.4, 0.5) is 29.3 Å². The third-order valence-electron chi connectivity index (χ3n) is 5.81. The Bertz CT molecular complexity index is 1330. The molecule has 0 aliphatic carbocycles. The van der Waals surface area contributed by atoms with E-state index in [0.29, 0.717) is 30.6 Å². The molecule has 3 N–H and O–H groups in total. The molecule has 1 aromatic heterocycles. The Morgan fingerprint density at radius 2 is 1.65 bits per heavy atom. The lowest BCUT2D eigenvalue weighted by Gasteiger charge is -2.24. The summed E-state index contributed by atoms with van der Waals surface area (Å²) in [7, 11) is 0. The fraction of sp³-hybridized carbons (Fsp3) is 0.200. The van der Waals surface area contributed by atoms with Crippen molar-refractivity contribution in [1.29, 1.82) is 0 Å². The Hall–Kier alpha value is -4.12. The van der Waals surface area contributed by atoms with Crippen molar-refractivity contribution in [2.75, 3.05) is 17.2 Å². The molecule has 1 aliphatic heterocycles. The molecule has 1 saturated heterocycles. The van der Waals surface area contributed by atoms with Gasteiger partial charge in [0.2, 0.25) is 5.91 Å². The van der Waals surface area contributed by atoms with Gasteiger partial charge in [0.15, 0.2) is 0 Å². The molecule has 0 unspecified atom stereocenters. The number of aromatic carboxylic acids is 1. The van der Waals surface area contributed by atoms with Gasteiger partial charge >= 0.3 is 18.2 Å². The van der Waals surface area contributed by atoms with Gasteiger partial charge in [0.1, 0.15) is 11.7 Å². The van der Waals surface area contributed by atoms with Crippen molar-refractivity contribution in [3.8, 4) is 11.1 Å². The molecular formula is C25H20ClF3N4O4. The zero-order valence-electron chi connectivity index (χ0n) is 19.1. The largest absolute Gasteiger partial charge is 0.477 e. The van der Waals surface area contributed by atoms with Gasteiger partial charge < -0.3 is 20.6 Å². The monoisotopic (exact) mass is 532 g/mol. The summed E-state index contributed by atoms with van der Waals surface area (Å²) in [5, 5.41) is 13.7. The quantitative estimate of drug-likeness (QED) is 0.387. The van der Waals surface area contributed by atoms with Crippen molar-refractivity contribution >= 4 is 40.9 Å². The van der Waals surface area contributed by atoms with Crippen LogP contribution in [-0.2, 0) is 11.0 Å². The van der Waals surface area contributed by atoms with Gasteiger partial charge in [-0.1, -0.05) is 29.8 Å². The van der Waals surface area contributed by atoms with Crippen molar-refractivity contribution < 1.29 is 32.7 Å². The lowest BCUT2D eigenvalue weighted by atomic mass is 10.1. The van der Waals surface area contributed by atoms with Crippen LogP contribution in [0, 0.1) is 0 Å². The second kappa shape index (κ2) is 10.5. The molecule has 1 aliphatic rings. The Labute approximate surface area is 214 Å². The number of nitrogens with one attached hydrogen (secondary N) is 2. The van der Waals surface area contributed by atoms with Crippen LogP contribution in [0.1, 0.15) is 28.9 Å². The van der Waals surface area contributed by atoms with Crippen LogP contribution in [0.5, 0.6) is 0 Å². The maximum absolute atomic E-state index is 12.9. The fourth-order valence-corrected chi connectivity index (χ4v) is 4.25. The molecule has 3 aromatic rings. The van der Waals surface area contributed by atoms with Crippen molar-refractivity contribution in [2.24, 2.45) is 0 Å². The van der Waals surface area contributed by atoms with E-state index in [-0.39, 0.29) is 11.4 Å². The van der Waals surface area contributed by atoms with E-state index in [1.54, 1.807) is 30.3 Å². The Morgan fingerprint density at radius 3 is 2.24 bits per heavy atom. The molecule has 0 radical (unpaired) electrons. The van der Waals surface area contributed by atoms with Gasteiger partial charge in [0.25, 0.3) is 0 Å². The van der Waals surface area contributed by atoms with Crippen LogP contribution in [0.3, 0.4) is 0 Å². The van der Waals surface area contributed by atoms with E-state index in [1.807, 2.05) is 0 Å². The highest BCUT2D eigenvalue weighted by molar-refractivity contribution is 6.31. The van der Waals surface area contributed by atoms with Crippen molar-refractivity contribution in [3.63, 3.8) is 0 Å². The summed E-state index contributed by atoms with van der Waals surface area (Å²) in [5.74, 6) is -1.53. The van der Waals surface area contributed by atoms with Crippen LogP contribution in [0.25, 0.3) is 11.1 Å². The molecule has 0 spiro atoms. The molecule has 37 heavy (non-hydrogen) atoms. The molecule has 0 saturated carbocycles. The van der Waals surface area contributed by atoms with Gasteiger partial charge in [-0.3, -0.25) is 4.79 Å². The number of halogens is 4. The number of carbonyl (C=O) groups is 3. The topological polar surface area (TPSA) is 112 Å². The van der Waals surface area contributed by atoms with E-state index in [0.717, 1.165) is 23.8 Å². The van der Waals surface area contributed by atoms with Crippen LogP contribution in [-0.4, -0.2) is 45.5 Å². The summed E-state index contributed by atoms with van der Waals surface area (Å²) >= 11 is 5.72. The molecule has 192 valence electrons. The first-order valence-corrected chi connectivity index (χ1v) is 11.5. The minimum atomic E-state index is -4.61. The van der Waals surface area contributed by atoms with Gasteiger partial charge in [-0.2, -0.15) is 13.2 Å². The zero-order chi connectivity index (χ0) is 26.7. The average Bonchev–Trinajstić information content (AvgIpc) is 3.34. The van der Waals surface area contributed by atoms with Crippen molar-refractivity contribution in [1.82, 2.24) is 9.88 Å². The number of hydrogen-bond acceptors (Lipinski definition) is 4. The van der Waals surface area contributed by atoms with Crippen LogP contribution in [0.2, 0.25) is 5.02 Å². The second-order valence-corrected chi connectivity index (χ2v) is 8.69. The molecule has 2 heterocycles. The fourth-order valence-electron chi connectivity index (χ4n) is 3.96. The van der Waals surface area contributed by atoms with E-state index in [9.17, 15) is 27.6 Å². The second-order valence-electron chi connectivity index (χ2n) is 8.28. The number of benzene rings is 2. The summed E-state index contributed by atoms with van der Waals surface area (Å²) in [6.45, 7) is 0.302. The Morgan fingerprint density at radius 1 is 0.973 bits per heavy atom. The smallest absolute Gasteiger partial charge is 0.417 e. The molecule has 1 atom stereocenters. The molecule has 12 heteroatoms. The number of hydrogen-bond donors (Lipinski definition) is 3. The molecule has 0 bridgehead atoms. The SMILES string of the molecule is O=C(O)c1ccc(-c2ccc(NC(=O)[C@H]3CCCN3C(=O)Nc3ccc(C(F)(F)F)c(Cl)c3)cc2)cn1. The maximum Gasteiger partial charge on any atom is 0.417 e. The molecule has 3 amide bonds. The number of alkyl halides is 3. The summed E-state index contributed by atoms with van der Waals surface area (Å²) < 4.78 is 38.7. The lowest BCUT2D eigenvalue weighted by Crippen LogP contribution is -2.45. The van der Waals surface area contributed by atoms with Crippen LogP contribution < -0.4 is 10.6 Å². The van der Waals surface area contributed by atoms with Gasteiger partial charge in [-0.05, 0) is 54.8 Å².